The van der Waals surface area contributed by atoms with Crippen molar-refractivity contribution in [2.24, 2.45) is 0 Å². The minimum Gasteiger partial charge on any atom is -0.357 e. The average Bonchev–Trinajstić information content (AvgIpc) is 2.80. The van der Waals surface area contributed by atoms with Crippen LogP contribution in [0.5, 0.6) is 0 Å². The fourth-order valence-electron chi connectivity index (χ4n) is 6.36. The maximum absolute atomic E-state index is 8.71. The van der Waals surface area contributed by atoms with Gasteiger partial charge in [0.2, 0.25) is 5.71 Å². The number of likely N-dealkylation sites (tertiary alicyclic amines) is 1. The van der Waals surface area contributed by atoms with Crippen LogP contribution in [0.25, 0.3) is 10.8 Å². The van der Waals surface area contributed by atoms with E-state index in [9.17, 15) is 0 Å². The normalized spacial score (nSPS) is 20.6. The number of benzene rings is 2. The van der Waals surface area contributed by atoms with Crippen LogP contribution < -0.4 is 10.7 Å². The molecule has 0 atom stereocenters. The highest BCUT2D eigenvalue weighted by molar-refractivity contribution is 6.10. The van der Waals surface area contributed by atoms with Crippen molar-refractivity contribution < 1.29 is 5.41 Å². The number of likely N-dealkylation sites (N-methyl/N-ethyl adjacent to an activating group) is 1. The highest BCUT2D eigenvalue weighted by atomic mass is 15.2. The van der Waals surface area contributed by atoms with E-state index in [1.165, 1.54) is 54.3 Å². The maximum atomic E-state index is 8.71. The van der Waals surface area contributed by atoms with Crippen LogP contribution in [0.1, 0.15) is 76.5 Å². The lowest BCUT2D eigenvalue weighted by molar-refractivity contribution is -0.111. The first kappa shape index (κ1) is 26.6. The molecule has 36 heavy (non-hydrogen) atoms. The Labute approximate surface area is 218 Å². The molecule has 5 nitrogen and oxygen atoms in total. The van der Waals surface area contributed by atoms with Gasteiger partial charge in [-0.1, -0.05) is 24.6 Å². The van der Waals surface area contributed by atoms with Gasteiger partial charge in [0.05, 0.1) is 0 Å². The van der Waals surface area contributed by atoms with Gasteiger partial charge in [0.1, 0.15) is 5.84 Å². The SMILES string of the molecule is Cc1cc2cc(CN3CCCCC3)ccc2cc1C(=[NH2+])/C=C\C(=N)N(C)C1CC(C)(C)NC(C)(C)C1. The molecule has 0 amide bonds. The van der Waals surface area contributed by atoms with Crippen LogP contribution in [0.15, 0.2) is 42.5 Å². The molecule has 0 spiro atoms. The molecule has 0 saturated carbocycles. The number of hydrogen-bond acceptors (Lipinski definition) is 3. The van der Waals surface area contributed by atoms with Gasteiger partial charge in [-0.15, -0.1) is 0 Å². The summed E-state index contributed by atoms with van der Waals surface area (Å²) in [5, 5.41) is 21.5. The van der Waals surface area contributed by atoms with Crippen LogP contribution in [0.2, 0.25) is 0 Å². The lowest BCUT2D eigenvalue weighted by Gasteiger charge is -2.49. The minimum absolute atomic E-state index is 0.0473. The van der Waals surface area contributed by atoms with E-state index in [0.29, 0.717) is 17.6 Å². The van der Waals surface area contributed by atoms with Crippen molar-refractivity contribution in [1.82, 2.24) is 15.1 Å². The molecule has 0 aromatic heterocycles. The molecule has 2 aromatic rings. The van der Waals surface area contributed by atoms with Crippen LogP contribution in [-0.4, -0.2) is 58.6 Å². The third kappa shape index (κ3) is 6.43. The van der Waals surface area contributed by atoms with E-state index < -0.39 is 0 Å². The number of hydrogen-bond donors (Lipinski definition) is 3. The average molecular weight is 489 g/mol. The Kier molecular flexibility index (Phi) is 7.72. The zero-order valence-electron chi connectivity index (χ0n) is 23.2. The molecule has 2 aliphatic rings. The first-order valence-electron chi connectivity index (χ1n) is 13.6. The number of piperidine rings is 2. The van der Waals surface area contributed by atoms with Gasteiger partial charge in [-0.25, -0.2) is 0 Å². The molecule has 0 radical (unpaired) electrons. The highest BCUT2D eigenvalue weighted by Gasteiger charge is 2.39. The Morgan fingerprint density at radius 2 is 1.69 bits per heavy atom. The third-order valence-electron chi connectivity index (χ3n) is 7.93. The van der Waals surface area contributed by atoms with E-state index in [0.717, 1.165) is 24.9 Å². The molecule has 2 saturated heterocycles. The number of nitrogens with two attached hydrogens (primary N) is 1. The summed E-state index contributed by atoms with van der Waals surface area (Å²) in [5.74, 6) is 0.497. The van der Waals surface area contributed by atoms with E-state index in [2.05, 4.69) is 80.1 Å². The molecular weight excluding hydrogens is 442 g/mol. The zero-order valence-corrected chi connectivity index (χ0v) is 23.2. The molecule has 2 fully saturated rings. The zero-order chi connectivity index (χ0) is 26.1. The fourth-order valence-corrected chi connectivity index (χ4v) is 6.36. The van der Waals surface area contributed by atoms with Gasteiger partial charge in [0.25, 0.3) is 0 Å². The van der Waals surface area contributed by atoms with Gasteiger partial charge in [0, 0.05) is 42.4 Å². The molecule has 194 valence electrons. The van der Waals surface area contributed by atoms with Gasteiger partial charge in [-0.2, -0.15) is 0 Å². The van der Waals surface area contributed by atoms with Crippen molar-refractivity contribution in [1.29, 1.82) is 5.41 Å². The predicted octanol–water partition coefficient (Wildman–Crippen LogP) is 4.46. The van der Waals surface area contributed by atoms with Crippen molar-refractivity contribution >= 4 is 22.3 Å². The van der Waals surface area contributed by atoms with Crippen molar-refractivity contribution in [3.63, 3.8) is 0 Å². The van der Waals surface area contributed by atoms with Gasteiger partial charge in [-0.3, -0.25) is 15.7 Å². The van der Waals surface area contributed by atoms with Crippen molar-refractivity contribution in [2.45, 2.75) is 90.4 Å². The molecule has 4 rings (SSSR count). The minimum atomic E-state index is 0.0473. The topological polar surface area (TPSA) is 68.0 Å². The van der Waals surface area contributed by atoms with Gasteiger partial charge >= 0.3 is 0 Å². The van der Waals surface area contributed by atoms with Crippen LogP contribution in [0.4, 0.5) is 0 Å². The molecule has 5 heteroatoms. The molecular formula is C31H46N5+. The molecule has 0 aliphatic carbocycles. The van der Waals surface area contributed by atoms with Crippen LogP contribution in [-0.2, 0) is 6.54 Å². The van der Waals surface area contributed by atoms with Crippen LogP contribution in [0.3, 0.4) is 0 Å². The summed E-state index contributed by atoms with van der Waals surface area (Å²) in [4.78, 5) is 4.67. The van der Waals surface area contributed by atoms with E-state index in [1.807, 2.05) is 19.2 Å². The number of aryl methyl sites for hydroxylation is 1. The summed E-state index contributed by atoms with van der Waals surface area (Å²) < 4.78 is 0. The number of rotatable bonds is 6. The Morgan fingerprint density at radius 3 is 2.36 bits per heavy atom. The molecule has 2 aromatic carbocycles. The fraction of sp³-hybridized carbons (Fsp3) is 0.548. The second-order valence-corrected chi connectivity index (χ2v) is 12.4. The number of fused-ring (bicyclic) bond motifs is 1. The predicted molar refractivity (Wildman–Crippen MR) is 153 cm³/mol. The van der Waals surface area contributed by atoms with Gasteiger partial charge < -0.3 is 10.2 Å². The van der Waals surface area contributed by atoms with Crippen LogP contribution >= 0.6 is 0 Å². The second-order valence-electron chi connectivity index (χ2n) is 12.4. The number of nitrogens with one attached hydrogen (secondary N) is 2. The first-order chi connectivity index (χ1) is 16.9. The van der Waals surface area contributed by atoms with Gasteiger partial charge in [-0.05, 0) is 113 Å². The Balaban J connectivity index is 1.45. The molecule has 4 N–H and O–H groups in total. The van der Waals surface area contributed by atoms with Crippen molar-refractivity contribution in [3.05, 3.63) is 59.2 Å². The molecule has 2 heterocycles. The van der Waals surface area contributed by atoms with E-state index >= 15 is 0 Å². The van der Waals surface area contributed by atoms with Crippen molar-refractivity contribution in [2.75, 3.05) is 20.1 Å². The largest absolute Gasteiger partial charge is 0.357 e. The summed E-state index contributed by atoms with van der Waals surface area (Å²) in [6.45, 7) is 14.6. The number of amidine groups is 1. The summed E-state index contributed by atoms with van der Waals surface area (Å²) in [7, 11) is 2.04. The summed E-state index contributed by atoms with van der Waals surface area (Å²) in [6.07, 6.45) is 9.77. The van der Waals surface area contributed by atoms with E-state index in [4.69, 9.17) is 10.8 Å². The standard InChI is InChI=1S/C31H45N5/c1-22-16-25-17-23(21-36-14-8-7-9-15-36)10-11-24(25)18-27(22)28(32)12-13-29(33)35(6)26-19-30(2,3)34-31(4,5)20-26/h10-13,16-18,26,32-34H,7-9,14-15,19-21H2,1-6H3/p+1/b13-12-,32-28?,33-29?. The lowest BCUT2D eigenvalue weighted by atomic mass is 9.79. The quantitative estimate of drug-likeness (QED) is 0.415. The Hall–Kier alpha value is -2.50. The number of nitrogens with zero attached hydrogens (tertiary/aromatic N) is 2. The molecule has 0 bridgehead atoms. The molecule has 2 aliphatic heterocycles. The summed E-state index contributed by atoms with van der Waals surface area (Å²) in [5.41, 5.74) is 4.39. The smallest absolute Gasteiger partial charge is 0.204 e. The van der Waals surface area contributed by atoms with Gasteiger partial charge in [0.15, 0.2) is 0 Å². The number of allylic oxidation sites excluding steroid dienone is 1. The van der Waals surface area contributed by atoms with E-state index in [-0.39, 0.29) is 11.1 Å². The molecule has 0 unspecified atom stereocenters. The van der Waals surface area contributed by atoms with Crippen molar-refractivity contribution in [3.8, 4) is 0 Å². The first-order valence-corrected chi connectivity index (χ1v) is 13.6. The Bertz CT molecular complexity index is 1140. The third-order valence-corrected chi connectivity index (χ3v) is 7.93. The second kappa shape index (κ2) is 10.5. The van der Waals surface area contributed by atoms with Crippen LogP contribution in [0, 0.1) is 12.3 Å². The summed E-state index contributed by atoms with van der Waals surface area (Å²) in [6, 6.07) is 11.6. The summed E-state index contributed by atoms with van der Waals surface area (Å²) >= 11 is 0. The lowest BCUT2D eigenvalue weighted by Crippen LogP contribution is -2.62. The monoisotopic (exact) mass is 488 g/mol. The van der Waals surface area contributed by atoms with E-state index in [1.54, 1.807) is 0 Å². The maximum Gasteiger partial charge on any atom is 0.204 e. The Morgan fingerprint density at radius 1 is 1.03 bits per heavy atom. The highest BCUT2D eigenvalue weighted by Crippen LogP contribution is 2.31.